The number of benzene rings is 1. The van der Waals surface area contributed by atoms with Gasteiger partial charge in [0.05, 0.1) is 0 Å². The SMILES string of the molecule is CC(C)N(Cc1ccccc1)CC1CCNCC1. The Hall–Kier alpha value is -0.860. The van der Waals surface area contributed by atoms with E-state index in [1.165, 1.54) is 38.0 Å². The fourth-order valence-corrected chi connectivity index (χ4v) is 2.67. The second kappa shape index (κ2) is 6.91. The molecular weight excluding hydrogens is 220 g/mol. The molecule has 100 valence electrons. The van der Waals surface area contributed by atoms with E-state index in [1.54, 1.807) is 0 Å². The van der Waals surface area contributed by atoms with E-state index >= 15 is 0 Å². The van der Waals surface area contributed by atoms with Gasteiger partial charge in [-0.3, -0.25) is 4.90 Å². The minimum atomic E-state index is 0.625. The van der Waals surface area contributed by atoms with Crippen molar-refractivity contribution < 1.29 is 0 Å². The first-order valence-corrected chi connectivity index (χ1v) is 7.24. The van der Waals surface area contributed by atoms with Crippen LogP contribution in [0.4, 0.5) is 0 Å². The van der Waals surface area contributed by atoms with E-state index in [4.69, 9.17) is 0 Å². The van der Waals surface area contributed by atoms with Gasteiger partial charge in [-0.25, -0.2) is 0 Å². The number of hydrogen-bond acceptors (Lipinski definition) is 2. The van der Waals surface area contributed by atoms with Gasteiger partial charge in [-0.1, -0.05) is 30.3 Å². The van der Waals surface area contributed by atoms with Gasteiger partial charge in [0.2, 0.25) is 0 Å². The molecule has 1 aromatic carbocycles. The summed E-state index contributed by atoms with van der Waals surface area (Å²) in [4.78, 5) is 2.62. The topological polar surface area (TPSA) is 15.3 Å². The first-order chi connectivity index (χ1) is 8.75. The molecule has 0 atom stereocenters. The van der Waals surface area contributed by atoms with Crippen molar-refractivity contribution in [3.8, 4) is 0 Å². The number of piperidine rings is 1. The summed E-state index contributed by atoms with van der Waals surface area (Å²) in [5.41, 5.74) is 1.43. The van der Waals surface area contributed by atoms with Crippen LogP contribution in [0.15, 0.2) is 30.3 Å². The molecule has 0 aromatic heterocycles. The van der Waals surface area contributed by atoms with Gasteiger partial charge in [0.1, 0.15) is 0 Å². The molecule has 1 aliphatic rings. The van der Waals surface area contributed by atoms with Crippen LogP contribution in [0.25, 0.3) is 0 Å². The lowest BCUT2D eigenvalue weighted by molar-refractivity contribution is 0.162. The molecule has 2 heteroatoms. The Balaban J connectivity index is 1.91. The quantitative estimate of drug-likeness (QED) is 0.859. The lowest BCUT2D eigenvalue weighted by Gasteiger charge is -2.32. The van der Waals surface area contributed by atoms with Crippen molar-refractivity contribution in [2.75, 3.05) is 19.6 Å². The molecule has 1 aliphatic heterocycles. The van der Waals surface area contributed by atoms with Gasteiger partial charge in [0.25, 0.3) is 0 Å². The second-order valence-corrected chi connectivity index (χ2v) is 5.70. The zero-order valence-electron chi connectivity index (χ0n) is 11.7. The Kier molecular flexibility index (Phi) is 5.21. The van der Waals surface area contributed by atoms with Crippen molar-refractivity contribution in [2.24, 2.45) is 5.92 Å². The first kappa shape index (κ1) is 13.6. The zero-order chi connectivity index (χ0) is 12.8. The first-order valence-electron chi connectivity index (χ1n) is 7.24. The molecule has 0 bridgehead atoms. The summed E-state index contributed by atoms with van der Waals surface area (Å²) >= 11 is 0. The van der Waals surface area contributed by atoms with E-state index in [0.717, 1.165) is 12.5 Å². The molecule has 0 aliphatic carbocycles. The lowest BCUT2D eigenvalue weighted by atomic mass is 9.97. The maximum Gasteiger partial charge on any atom is 0.0236 e. The highest BCUT2D eigenvalue weighted by Crippen LogP contribution is 2.17. The third-order valence-electron chi connectivity index (χ3n) is 3.91. The Morgan fingerprint density at radius 2 is 1.83 bits per heavy atom. The largest absolute Gasteiger partial charge is 0.317 e. The average Bonchev–Trinajstić information content (AvgIpc) is 2.40. The van der Waals surface area contributed by atoms with Gasteiger partial charge in [-0.2, -0.15) is 0 Å². The summed E-state index contributed by atoms with van der Waals surface area (Å²) in [7, 11) is 0. The predicted octanol–water partition coefficient (Wildman–Crippen LogP) is 2.90. The van der Waals surface area contributed by atoms with E-state index in [1.807, 2.05) is 0 Å². The lowest BCUT2D eigenvalue weighted by Crippen LogP contribution is -2.39. The van der Waals surface area contributed by atoms with Crippen molar-refractivity contribution in [3.63, 3.8) is 0 Å². The van der Waals surface area contributed by atoms with E-state index in [-0.39, 0.29) is 0 Å². The molecule has 1 fully saturated rings. The number of nitrogens with zero attached hydrogens (tertiary/aromatic N) is 1. The number of hydrogen-bond donors (Lipinski definition) is 1. The molecule has 18 heavy (non-hydrogen) atoms. The van der Waals surface area contributed by atoms with Crippen LogP contribution in [0.5, 0.6) is 0 Å². The molecule has 0 amide bonds. The summed E-state index contributed by atoms with van der Waals surface area (Å²) in [6, 6.07) is 11.5. The highest BCUT2D eigenvalue weighted by atomic mass is 15.1. The van der Waals surface area contributed by atoms with Gasteiger partial charge in [-0.05, 0) is 51.3 Å². The highest BCUT2D eigenvalue weighted by molar-refractivity contribution is 5.14. The standard InChI is InChI=1S/C16H26N2/c1-14(2)18(12-15-6-4-3-5-7-15)13-16-8-10-17-11-9-16/h3-7,14,16-17H,8-13H2,1-2H3. The van der Waals surface area contributed by atoms with Crippen molar-refractivity contribution in [1.29, 1.82) is 0 Å². The van der Waals surface area contributed by atoms with Crippen molar-refractivity contribution in [3.05, 3.63) is 35.9 Å². The van der Waals surface area contributed by atoms with E-state index in [2.05, 4.69) is 54.4 Å². The molecule has 1 N–H and O–H groups in total. The maximum absolute atomic E-state index is 3.45. The highest BCUT2D eigenvalue weighted by Gasteiger charge is 2.18. The fraction of sp³-hybridized carbons (Fsp3) is 0.625. The molecule has 1 heterocycles. The number of nitrogens with one attached hydrogen (secondary N) is 1. The van der Waals surface area contributed by atoms with Crippen molar-refractivity contribution in [2.45, 2.75) is 39.3 Å². The average molecular weight is 246 g/mol. The van der Waals surface area contributed by atoms with Crippen LogP contribution < -0.4 is 5.32 Å². The molecule has 2 rings (SSSR count). The van der Waals surface area contributed by atoms with Gasteiger partial charge >= 0.3 is 0 Å². The van der Waals surface area contributed by atoms with Gasteiger partial charge < -0.3 is 5.32 Å². The monoisotopic (exact) mass is 246 g/mol. The van der Waals surface area contributed by atoms with E-state index in [0.29, 0.717) is 6.04 Å². The maximum atomic E-state index is 3.45. The summed E-state index contributed by atoms with van der Waals surface area (Å²) in [5.74, 6) is 0.873. The third kappa shape index (κ3) is 4.11. The predicted molar refractivity (Wildman–Crippen MR) is 77.6 cm³/mol. The Morgan fingerprint density at radius 3 is 2.44 bits per heavy atom. The minimum Gasteiger partial charge on any atom is -0.317 e. The normalized spacial score (nSPS) is 17.6. The van der Waals surface area contributed by atoms with Crippen LogP contribution >= 0.6 is 0 Å². The number of rotatable bonds is 5. The van der Waals surface area contributed by atoms with Crippen LogP contribution in [0, 0.1) is 5.92 Å². The van der Waals surface area contributed by atoms with Gasteiger partial charge in [-0.15, -0.1) is 0 Å². The van der Waals surface area contributed by atoms with E-state index < -0.39 is 0 Å². The van der Waals surface area contributed by atoms with Crippen LogP contribution in [0.2, 0.25) is 0 Å². The molecule has 0 unspecified atom stereocenters. The van der Waals surface area contributed by atoms with Crippen molar-refractivity contribution >= 4 is 0 Å². The molecule has 0 radical (unpaired) electrons. The van der Waals surface area contributed by atoms with Crippen molar-refractivity contribution in [1.82, 2.24) is 10.2 Å². The Morgan fingerprint density at radius 1 is 1.17 bits per heavy atom. The summed E-state index contributed by atoms with van der Waals surface area (Å²) in [6.45, 7) is 9.34. The van der Waals surface area contributed by atoms with Crippen LogP contribution in [0.1, 0.15) is 32.3 Å². The fourth-order valence-electron chi connectivity index (χ4n) is 2.67. The van der Waals surface area contributed by atoms with Crippen LogP contribution in [0.3, 0.4) is 0 Å². The molecule has 2 nitrogen and oxygen atoms in total. The minimum absolute atomic E-state index is 0.625. The summed E-state index contributed by atoms with van der Waals surface area (Å²) in [6.07, 6.45) is 2.66. The van der Waals surface area contributed by atoms with Crippen LogP contribution in [-0.4, -0.2) is 30.6 Å². The molecule has 0 saturated carbocycles. The molecule has 1 aromatic rings. The molecular formula is C16H26N2. The smallest absolute Gasteiger partial charge is 0.0236 e. The Bertz CT molecular complexity index is 328. The van der Waals surface area contributed by atoms with Gasteiger partial charge in [0, 0.05) is 19.1 Å². The summed E-state index contributed by atoms with van der Waals surface area (Å²) < 4.78 is 0. The van der Waals surface area contributed by atoms with Gasteiger partial charge in [0.15, 0.2) is 0 Å². The zero-order valence-corrected chi connectivity index (χ0v) is 11.7. The molecule has 1 saturated heterocycles. The molecule has 0 spiro atoms. The van der Waals surface area contributed by atoms with E-state index in [9.17, 15) is 0 Å². The van der Waals surface area contributed by atoms with Crippen LogP contribution in [-0.2, 0) is 6.54 Å². The second-order valence-electron chi connectivity index (χ2n) is 5.70. The summed E-state index contributed by atoms with van der Waals surface area (Å²) in [5, 5.41) is 3.45. The third-order valence-corrected chi connectivity index (χ3v) is 3.91. The Labute approximate surface area is 111 Å².